The highest BCUT2D eigenvalue weighted by molar-refractivity contribution is 5.76. The fourth-order valence-electron chi connectivity index (χ4n) is 2.47. The monoisotopic (exact) mass is 267 g/mol. The van der Waals surface area contributed by atoms with Crippen molar-refractivity contribution in [1.82, 2.24) is 15.8 Å². The number of aromatic nitrogens is 1. The fourth-order valence-corrected chi connectivity index (χ4v) is 2.47. The third kappa shape index (κ3) is 3.70. The second-order valence-corrected chi connectivity index (χ2v) is 4.84. The molecular formula is C12H17N3O4. The lowest BCUT2D eigenvalue weighted by atomic mass is 9.93. The molecule has 2 amide bonds. The van der Waals surface area contributed by atoms with Crippen molar-refractivity contribution in [1.29, 1.82) is 0 Å². The van der Waals surface area contributed by atoms with Gasteiger partial charge in [-0.15, -0.1) is 0 Å². The summed E-state index contributed by atoms with van der Waals surface area (Å²) >= 11 is 0. The number of nitrogens with one attached hydrogen (secondary N) is 2. The fraction of sp³-hybridized carbons (Fsp3) is 0.583. The number of carboxylic acid groups (broad SMARTS) is 1. The summed E-state index contributed by atoms with van der Waals surface area (Å²) in [5, 5.41) is 17.9. The Labute approximate surface area is 110 Å². The van der Waals surface area contributed by atoms with E-state index in [9.17, 15) is 9.59 Å². The summed E-state index contributed by atoms with van der Waals surface area (Å²) in [7, 11) is 0. The van der Waals surface area contributed by atoms with Crippen LogP contribution >= 0.6 is 0 Å². The number of hydrogen-bond acceptors (Lipinski definition) is 4. The molecule has 1 aliphatic carbocycles. The van der Waals surface area contributed by atoms with Crippen LogP contribution in [0.5, 0.6) is 0 Å². The molecule has 0 spiro atoms. The summed E-state index contributed by atoms with van der Waals surface area (Å²) < 4.78 is 4.86. The maximum Gasteiger partial charge on any atom is 0.315 e. The highest BCUT2D eigenvalue weighted by atomic mass is 16.5. The average molecular weight is 267 g/mol. The van der Waals surface area contributed by atoms with Gasteiger partial charge >= 0.3 is 12.0 Å². The normalized spacial score (nSPS) is 17.1. The molecule has 0 radical (unpaired) electrons. The maximum atomic E-state index is 11.8. The molecule has 0 aliphatic heterocycles. The second kappa shape index (κ2) is 5.73. The molecule has 1 fully saturated rings. The Morgan fingerprint density at radius 3 is 2.74 bits per heavy atom. The minimum Gasteiger partial charge on any atom is -0.481 e. The zero-order valence-electron chi connectivity index (χ0n) is 10.5. The van der Waals surface area contributed by atoms with Crippen LogP contribution in [0, 0.1) is 0 Å². The van der Waals surface area contributed by atoms with Gasteiger partial charge in [-0.05, 0) is 12.8 Å². The average Bonchev–Trinajstić information content (AvgIpc) is 2.97. The van der Waals surface area contributed by atoms with Crippen LogP contribution in [0.2, 0.25) is 0 Å². The van der Waals surface area contributed by atoms with Crippen molar-refractivity contribution < 1.29 is 19.2 Å². The summed E-state index contributed by atoms with van der Waals surface area (Å²) in [6.07, 6.45) is 4.75. The van der Waals surface area contributed by atoms with Crippen LogP contribution in [-0.4, -0.2) is 27.8 Å². The number of hydrogen-bond donors (Lipinski definition) is 3. The van der Waals surface area contributed by atoms with Crippen molar-refractivity contribution in [2.75, 3.05) is 0 Å². The Morgan fingerprint density at radius 2 is 2.16 bits per heavy atom. The molecule has 0 bridgehead atoms. The van der Waals surface area contributed by atoms with E-state index < -0.39 is 11.5 Å². The zero-order chi connectivity index (χ0) is 13.7. The predicted molar refractivity (Wildman–Crippen MR) is 65.3 cm³/mol. The third-order valence-corrected chi connectivity index (χ3v) is 3.34. The topological polar surface area (TPSA) is 104 Å². The van der Waals surface area contributed by atoms with Crippen molar-refractivity contribution in [3.05, 3.63) is 18.0 Å². The first-order valence-electron chi connectivity index (χ1n) is 6.27. The lowest BCUT2D eigenvalue weighted by molar-refractivity contribution is -0.138. The Hall–Kier alpha value is -2.05. The Bertz CT molecular complexity index is 438. The van der Waals surface area contributed by atoms with Crippen molar-refractivity contribution >= 4 is 12.0 Å². The number of rotatable bonds is 5. The molecule has 2 rings (SSSR count). The van der Waals surface area contributed by atoms with E-state index in [1.54, 1.807) is 6.07 Å². The second-order valence-electron chi connectivity index (χ2n) is 4.84. The van der Waals surface area contributed by atoms with Crippen molar-refractivity contribution in [2.45, 2.75) is 44.2 Å². The molecule has 7 nitrogen and oxygen atoms in total. The number of nitrogens with zero attached hydrogens (tertiary/aromatic N) is 1. The lowest BCUT2D eigenvalue weighted by Crippen LogP contribution is -2.51. The largest absolute Gasteiger partial charge is 0.481 e. The third-order valence-electron chi connectivity index (χ3n) is 3.34. The van der Waals surface area contributed by atoms with E-state index in [1.165, 1.54) is 6.20 Å². The van der Waals surface area contributed by atoms with E-state index in [-0.39, 0.29) is 19.0 Å². The van der Waals surface area contributed by atoms with Gasteiger partial charge in [0, 0.05) is 6.07 Å². The minimum atomic E-state index is -0.891. The van der Waals surface area contributed by atoms with Crippen molar-refractivity contribution in [2.24, 2.45) is 0 Å². The van der Waals surface area contributed by atoms with Gasteiger partial charge in [0.2, 0.25) is 0 Å². The molecular weight excluding hydrogens is 250 g/mol. The summed E-state index contributed by atoms with van der Waals surface area (Å²) in [6, 6.07) is 1.28. The molecule has 1 aromatic rings. The quantitative estimate of drug-likeness (QED) is 0.745. The van der Waals surface area contributed by atoms with Gasteiger partial charge in [0.15, 0.2) is 5.76 Å². The van der Waals surface area contributed by atoms with Crippen LogP contribution in [-0.2, 0) is 11.3 Å². The Morgan fingerprint density at radius 1 is 1.42 bits per heavy atom. The first kappa shape index (κ1) is 13.4. The molecule has 1 aromatic heterocycles. The van der Waals surface area contributed by atoms with Crippen LogP contribution in [0.1, 0.15) is 37.9 Å². The van der Waals surface area contributed by atoms with Gasteiger partial charge in [0.1, 0.15) is 0 Å². The van der Waals surface area contributed by atoms with Crippen molar-refractivity contribution in [3.63, 3.8) is 0 Å². The number of carbonyl (C=O) groups is 2. The highest BCUT2D eigenvalue weighted by Gasteiger charge is 2.37. The van der Waals surface area contributed by atoms with Gasteiger partial charge in [0.05, 0.1) is 24.7 Å². The van der Waals surface area contributed by atoms with Crippen LogP contribution in [0.4, 0.5) is 4.79 Å². The van der Waals surface area contributed by atoms with Gasteiger partial charge in [-0.1, -0.05) is 18.0 Å². The summed E-state index contributed by atoms with van der Waals surface area (Å²) in [5.41, 5.74) is -0.614. The zero-order valence-corrected chi connectivity index (χ0v) is 10.5. The lowest BCUT2D eigenvalue weighted by Gasteiger charge is -2.28. The molecule has 19 heavy (non-hydrogen) atoms. The first-order valence-corrected chi connectivity index (χ1v) is 6.27. The van der Waals surface area contributed by atoms with Crippen LogP contribution in [0.3, 0.4) is 0 Å². The number of carbonyl (C=O) groups excluding carboxylic acids is 1. The van der Waals surface area contributed by atoms with Crippen LogP contribution in [0.25, 0.3) is 0 Å². The summed E-state index contributed by atoms with van der Waals surface area (Å²) in [6.45, 7) is 0.231. The van der Waals surface area contributed by atoms with Gasteiger partial charge in [-0.3, -0.25) is 4.79 Å². The van der Waals surface area contributed by atoms with Gasteiger partial charge < -0.3 is 20.3 Å². The molecule has 104 valence electrons. The van der Waals surface area contributed by atoms with Crippen molar-refractivity contribution in [3.8, 4) is 0 Å². The molecule has 0 saturated heterocycles. The molecule has 1 aliphatic rings. The molecule has 0 atom stereocenters. The van der Waals surface area contributed by atoms with E-state index in [2.05, 4.69) is 15.8 Å². The smallest absolute Gasteiger partial charge is 0.315 e. The Kier molecular flexibility index (Phi) is 4.03. The van der Waals surface area contributed by atoms with Gasteiger partial charge in [-0.25, -0.2) is 4.79 Å². The summed E-state index contributed by atoms with van der Waals surface area (Å²) in [5.74, 6) is -0.341. The van der Waals surface area contributed by atoms with E-state index in [4.69, 9.17) is 9.63 Å². The first-order chi connectivity index (χ1) is 9.10. The number of urea groups is 1. The highest BCUT2D eigenvalue weighted by Crippen LogP contribution is 2.32. The standard InChI is InChI=1S/C12H17N3O4/c16-10(17)7-12(4-1-2-5-12)15-11(18)13-8-9-3-6-14-19-9/h3,6H,1-2,4-5,7-8H2,(H,16,17)(H2,13,15,18). The maximum absolute atomic E-state index is 11.8. The molecule has 1 heterocycles. The number of amides is 2. The van der Waals surface area contributed by atoms with E-state index in [1.807, 2.05) is 0 Å². The van der Waals surface area contributed by atoms with Crippen LogP contribution < -0.4 is 10.6 Å². The summed E-state index contributed by atoms with van der Waals surface area (Å²) in [4.78, 5) is 22.7. The molecule has 0 aromatic carbocycles. The molecule has 7 heteroatoms. The van der Waals surface area contributed by atoms with E-state index >= 15 is 0 Å². The molecule has 3 N–H and O–H groups in total. The van der Waals surface area contributed by atoms with E-state index in [0.29, 0.717) is 18.6 Å². The number of aliphatic carboxylic acids is 1. The SMILES string of the molecule is O=C(O)CC1(NC(=O)NCc2ccno2)CCCC1. The molecule has 1 saturated carbocycles. The number of carboxylic acids is 1. The van der Waals surface area contributed by atoms with E-state index in [0.717, 1.165) is 12.8 Å². The van der Waals surface area contributed by atoms with Gasteiger partial charge in [-0.2, -0.15) is 0 Å². The molecule has 0 unspecified atom stereocenters. The van der Waals surface area contributed by atoms with Crippen LogP contribution in [0.15, 0.2) is 16.8 Å². The minimum absolute atomic E-state index is 0.0390. The van der Waals surface area contributed by atoms with Gasteiger partial charge in [0.25, 0.3) is 0 Å². The Balaban J connectivity index is 1.86. The predicted octanol–water partition coefficient (Wildman–Crippen LogP) is 1.26.